The highest BCUT2D eigenvalue weighted by molar-refractivity contribution is 7.88. The molecule has 0 bridgehead atoms. The monoisotopic (exact) mass is 503 g/mol. The second kappa shape index (κ2) is 9.62. The summed E-state index contributed by atoms with van der Waals surface area (Å²) in [6, 6.07) is 4.00. The largest absolute Gasteiger partial charge is 0.416 e. The van der Waals surface area contributed by atoms with E-state index in [1.54, 1.807) is 9.80 Å². The van der Waals surface area contributed by atoms with Crippen molar-refractivity contribution in [2.75, 3.05) is 48.9 Å². The molecule has 1 aromatic carbocycles. The number of ether oxygens (including phenoxy) is 1. The van der Waals surface area contributed by atoms with Gasteiger partial charge in [-0.05, 0) is 30.5 Å². The van der Waals surface area contributed by atoms with Crippen molar-refractivity contribution in [2.24, 2.45) is 0 Å². The van der Waals surface area contributed by atoms with Crippen LogP contribution in [0.15, 0.2) is 30.6 Å². The van der Waals surface area contributed by atoms with Gasteiger partial charge in [0, 0.05) is 25.7 Å². The number of halogens is 4. The second-order valence-corrected chi connectivity index (χ2v) is 10.2. The quantitative estimate of drug-likeness (QED) is 0.628. The lowest BCUT2D eigenvalue weighted by Gasteiger charge is -2.38. The van der Waals surface area contributed by atoms with Crippen molar-refractivity contribution in [1.29, 1.82) is 0 Å². The molecule has 2 aliphatic heterocycles. The molecule has 0 amide bonds. The van der Waals surface area contributed by atoms with E-state index >= 15 is 4.39 Å². The zero-order valence-electron chi connectivity index (χ0n) is 18.4. The van der Waals surface area contributed by atoms with Crippen molar-refractivity contribution < 1.29 is 30.7 Å². The van der Waals surface area contributed by atoms with Crippen LogP contribution >= 0.6 is 0 Å². The van der Waals surface area contributed by atoms with Gasteiger partial charge in [0.05, 0.1) is 31.1 Å². The number of morpholine rings is 1. The molecule has 0 aliphatic carbocycles. The van der Waals surface area contributed by atoms with E-state index < -0.39 is 33.6 Å². The molecule has 1 aromatic heterocycles. The molecule has 8 nitrogen and oxygen atoms in total. The van der Waals surface area contributed by atoms with Gasteiger partial charge in [-0.25, -0.2) is 23.1 Å². The summed E-state index contributed by atoms with van der Waals surface area (Å²) >= 11 is 0. The van der Waals surface area contributed by atoms with Crippen molar-refractivity contribution in [3.63, 3.8) is 0 Å². The normalized spacial score (nSPS) is 20.6. The molecule has 186 valence electrons. The van der Waals surface area contributed by atoms with Crippen LogP contribution in [-0.4, -0.2) is 63.5 Å². The Morgan fingerprint density at radius 1 is 1.06 bits per heavy atom. The Morgan fingerprint density at radius 2 is 1.71 bits per heavy atom. The minimum absolute atomic E-state index is 0.0505. The van der Waals surface area contributed by atoms with Crippen LogP contribution in [0, 0.1) is 5.82 Å². The molecule has 1 atom stereocenters. The van der Waals surface area contributed by atoms with E-state index in [0.29, 0.717) is 44.6 Å². The molecule has 2 fully saturated rings. The van der Waals surface area contributed by atoms with Crippen molar-refractivity contribution in [3.8, 4) is 0 Å². The van der Waals surface area contributed by atoms with E-state index in [-0.39, 0.29) is 24.3 Å². The number of alkyl halides is 3. The lowest BCUT2D eigenvalue weighted by Crippen LogP contribution is -2.45. The summed E-state index contributed by atoms with van der Waals surface area (Å²) in [6.07, 6.45) is -1.09. The standard InChI is InChI=1S/C21H25F4N5O3S/c1-34(31,32)28-16-6-8-29(9-7-16)19-18(22)20(27-13-26-19)30-10-11-33-12-17(30)14-2-4-15(5-3-14)21(23,24)25/h2-5,13,16-17,28H,6-12H2,1H3/t17-/m1/s1. The number of rotatable bonds is 5. The van der Waals surface area contributed by atoms with Crippen molar-refractivity contribution in [1.82, 2.24) is 14.7 Å². The molecular formula is C21H25F4N5O3S. The molecule has 4 rings (SSSR count). The second-order valence-electron chi connectivity index (χ2n) is 8.39. The van der Waals surface area contributed by atoms with Gasteiger partial charge in [-0.3, -0.25) is 0 Å². The van der Waals surface area contributed by atoms with E-state index in [9.17, 15) is 21.6 Å². The highest BCUT2D eigenvalue weighted by Gasteiger charge is 2.33. The minimum Gasteiger partial charge on any atom is -0.377 e. The lowest BCUT2D eigenvalue weighted by molar-refractivity contribution is -0.137. The van der Waals surface area contributed by atoms with E-state index in [4.69, 9.17) is 4.74 Å². The minimum atomic E-state index is -4.45. The molecule has 13 heteroatoms. The Balaban J connectivity index is 1.55. The third-order valence-electron chi connectivity index (χ3n) is 5.95. The molecule has 34 heavy (non-hydrogen) atoms. The van der Waals surface area contributed by atoms with Gasteiger partial charge in [0.25, 0.3) is 0 Å². The van der Waals surface area contributed by atoms with Crippen LogP contribution in [0.2, 0.25) is 0 Å². The molecule has 0 radical (unpaired) electrons. The Morgan fingerprint density at radius 3 is 2.32 bits per heavy atom. The van der Waals surface area contributed by atoms with Gasteiger partial charge < -0.3 is 14.5 Å². The zero-order chi connectivity index (χ0) is 24.5. The number of hydrogen-bond acceptors (Lipinski definition) is 7. The predicted octanol–water partition coefficient (Wildman–Crippen LogP) is 2.73. The maximum absolute atomic E-state index is 15.6. The maximum Gasteiger partial charge on any atom is 0.416 e. The van der Waals surface area contributed by atoms with Crippen LogP contribution in [0.25, 0.3) is 0 Å². The Hall–Kier alpha value is -2.51. The van der Waals surface area contributed by atoms with Gasteiger partial charge in [-0.1, -0.05) is 12.1 Å². The first-order chi connectivity index (χ1) is 16.0. The fraction of sp³-hybridized carbons (Fsp3) is 0.524. The summed E-state index contributed by atoms with van der Waals surface area (Å²) in [7, 11) is -3.33. The number of benzene rings is 1. The highest BCUT2D eigenvalue weighted by Crippen LogP contribution is 2.35. The van der Waals surface area contributed by atoms with Crippen molar-refractivity contribution in [2.45, 2.75) is 31.1 Å². The van der Waals surface area contributed by atoms with Gasteiger partial charge in [-0.15, -0.1) is 0 Å². The fourth-order valence-corrected chi connectivity index (χ4v) is 5.15. The zero-order valence-corrected chi connectivity index (χ0v) is 19.2. The van der Waals surface area contributed by atoms with Gasteiger partial charge in [0.2, 0.25) is 15.8 Å². The Bertz CT molecular complexity index is 1110. The summed E-state index contributed by atoms with van der Waals surface area (Å²) in [4.78, 5) is 11.7. The van der Waals surface area contributed by atoms with Crippen LogP contribution < -0.4 is 14.5 Å². The molecule has 2 aliphatic rings. The number of anilines is 2. The van der Waals surface area contributed by atoms with E-state index in [1.165, 1.54) is 18.5 Å². The number of hydrogen-bond donors (Lipinski definition) is 1. The van der Waals surface area contributed by atoms with Gasteiger partial charge >= 0.3 is 6.18 Å². The van der Waals surface area contributed by atoms with Gasteiger partial charge in [-0.2, -0.15) is 17.6 Å². The summed E-state index contributed by atoms with van der Waals surface area (Å²) < 4.78 is 85.5. The third kappa shape index (κ3) is 5.58. The van der Waals surface area contributed by atoms with E-state index in [0.717, 1.165) is 18.4 Å². The van der Waals surface area contributed by atoms with Crippen molar-refractivity contribution >= 4 is 21.7 Å². The van der Waals surface area contributed by atoms with Crippen LogP contribution in [-0.2, 0) is 20.9 Å². The fourth-order valence-electron chi connectivity index (χ4n) is 4.31. The molecule has 2 aromatic rings. The molecule has 2 saturated heterocycles. The van der Waals surface area contributed by atoms with Crippen LogP contribution in [0.1, 0.15) is 30.0 Å². The summed E-state index contributed by atoms with van der Waals surface area (Å²) in [5.74, 6) is -0.467. The average Bonchev–Trinajstić information content (AvgIpc) is 2.78. The first-order valence-electron chi connectivity index (χ1n) is 10.8. The number of sulfonamides is 1. The van der Waals surface area contributed by atoms with Crippen molar-refractivity contribution in [3.05, 3.63) is 47.5 Å². The first-order valence-corrected chi connectivity index (χ1v) is 12.7. The predicted molar refractivity (Wildman–Crippen MR) is 118 cm³/mol. The third-order valence-corrected chi connectivity index (χ3v) is 6.71. The van der Waals surface area contributed by atoms with E-state index in [1.807, 2.05) is 0 Å². The molecule has 0 unspecified atom stereocenters. The van der Waals surface area contributed by atoms with E-state index in [2.05, 4.69) is 14.7 Å². The molecule has 3 heterocycles. The Kier molecular flexibility index (Phi) is 6.97. The average molecular weight is 504 g/mol. The first kappa shape index (κ1) is 24.6. The maximum atomic E-state index is 15.6. The number of nitrogens with zero attached hydrogens (tertiary/aromatic N) is 4. The summed E-state index contributed by atoms with van der Waals surface area (Å²) in [5, 5.41) is 0. The number of aromatic nitrogens is 2. The smallest absolute Gasteiger partial charge is 0.377 e. The molecular weight excluding hydrogens is 478 g/mol. The lowest BCUT2D eigenvalue weighted by atomic mass is 10.0. The number of piperidine rings is 1. The summed E-state index contributed by atoms with van der Waals surface area (Å²) in [5.41, 5.74) is -0.205. The van der Waals surface area contributed by atoms with Crippen LogP contribution in [0.5, 0.6) is 0 Å². The molecule has 0 saturated carbocycles. The highest BCUT2D eigenvalue weighted by atomic mass is 32.2. The van der Waals surface area contributed by atoms with Crippen LogP contribution in [0.3, 0.4) is 0 Å². The van der Waals surface area contributed by atoms with Gasteiger partial charge in [0.1, 0.15) is 6.33 Å². The number of nitrogens with one attached hydrogen (secondary N) is 1. The molecule has 1 N–H and O–H groups in total. The summed E-state index contributed by atoms with van der Waals surface area (Å²) in [6.45, 7) is 1.61. The topological polar surface area (TPSA) is 87.7 Å². The Labute approximate surface area is 195 Å². The SMILES string of the molecule is CS(=O)(=O)NC1CCN(c2ncnc(N3CCOC[C@@H]3c3ccc(C(F)(F)F)cc3)c2F)CC1. The van der Waals surface area contributed by atoms with Gasteiger partial charge in [0.15, 0.2) is 11.6 Å². The van der Waals surface area contributed by atoms with Crippen LogP contribution in [0.4, 0.5) is 29.2 Å². The molecule has 0 spiro atoms.